The molecule has 0 aliphatic carbocycles. The Kier molecular flexibility index (Phi) is 4.77. The SMILES string of the molecule is CN(C(=O)c1nn(-c2ccc(F)cc2)cc1Br)C1CCNCC1. The van der Waals surface area contributed by atoms with Crippen molar-refractivity contribution in [3.8, 4) is 5.69 Å². The maximum atomic E-state index is 13.0. The van der Waals surface area contributed by atoms with Gasteiger partial charge in [0.1, 0.15) is 5.82 Å². The van der Waals surface area contributed by atoms with Gasteiger partial charge in [-0.2, -0.15) is 5.10 Å². The number of rotatable bonds is 3. The average Bonchev–Trinajstić information content (AvgIpc) is 2.96. The standard InChI is InChI=1S/C16H18BrFN4O/c1-21(12-6-8-19-9-7-12)16(23)15-14(17)10-22(20-15)13-4-2-11(18)3-5-13/h2-5,10,12,19H,6-9H2,1H3. The highest BCUT2D eigenvalue weighted by Gasteiger charge is 2.26. The lowest BCUT2D eigenvalue weighted by Gasteiger charge is -2.31. The summed E-state index contributed by atoms with van der Waals surface area (Å²) < 4.78 is 15.2. The van der Waals surface area contributed by atoms with E-state index in [1.807, 2.05) is 7.05 Å². The van der Waals surface area contributed by atoms with Gasteiger partial charge >= 0.3 is 0 Å². The van der Waals surface area contributed by atoms with Gasteiger partial charge in [0.2, 0.25) is 0 Å². The molecule has 122 valence electrons. The van der Waals surface area contributed by atoms with Gasteiger partial charge in [0.25, 0.3) is 5.91 Å². The van der Waals surface area contributed by atoms with Crippen LogP contribution >= 0.6 is 15.9 Å². The van der Waals surface area contributed by atoms with Gasteiger partial charge in [0, 0.05) is 19.3 Å². The van der Waals surface area contributed by atoms with E-state index < -0.39 is 0 Å². The number of hydrogen-bond donors (Lipinski definition) is 1. The van der Waals surface area contributed by atoms with E-state index in [0.29, 0.717) is 15.9 Å². The van der Waals surface area contributed by atoms with Gasteiger partial charge in [-0.15, -0.1) is 0 Å². The van der Waals surface area contributed by atoms with E-state index in [2.05, 4.69) is 26.3 Å². The average molecular weight is 381 g/mol. The van der Waals surface area contributed by atoms with Crippen molar-refractivity contribution >= 4 is 21.8 Å². The van der Waals surface area contributed by atoms with Crippen LogP contribution in [0.5, 0.6) is 0 Å². The number of halogens is 2. The molecule has 0 bridgehead atoms. The normalized spacial score (nSPS) is 15.6. The molecule has 7 heteroatoms. The molecular formula is C16H18BrFN4O. The van der Waals surface area contributed by atoms with Crippen LogP contribution in [0.15, 0.2) is 34.9 Å². The first kappa shape index (κ1) is 16.1. The largest absolute Gasteiger partial charge is 0.337 e. The van der Waals surface area contributed by atoms with E-state index in [-0.39, 0.29) is 17.8 Å². The van der Waals surface area contributed by atoms with Crippen LogP contribution < -0.4 is 5.32 Å². The first-order valence-electron chi connectivity index (χ1n) is 7.55. The molecule has 2 heterocycles. The molecule has 1 aromatic carbocycles. The van der Waals surface area contributed by atoms with E-state index in [9.17, 15) is 9.18 Å². The summed E-state index contributed by atoms with van der Waals surface area (Å²) in [5.74, 6) is -0.411. The molecule has 1 aliphatic heterocycles. The molecule has 23 heavy (non-hydrogen) atoms. The zero-order valence-corrected chi connectivity index (χ0v) is 14.4. The van der Waals surface area contributed by atoms with Gasteiger partial charge in [-0.25, -0.2) is 9.07 Å². The summed E-state index contributed by atoms with van der Waals surface area (Å²) >= 11 is 3.40. The molecule has 0 saturated carbocycles. The first-order chi connectivity index (χ1) is 11.1. The third-order valence-corrected chi connectivity index (χ3v) is 4.72. The summed E-state index contributed by atoms with van der Waals surface area (Å²) in [7, 11) is 1.82. The smallest absolute Gasteiger partial charge is 0.275 e. The highest BCUT2D eigenvalue weighted by molar-refractivity contribution is 9.10. The Morgan fingerprint density at radius 2 is 2.00 bits per heavy atom. The molecule has 3 rings (SSSR count). The van der Waals surface area contributed by atoms with Gasteiger partial charge < -0.3 is 10.2 Å². The van der Waals surface area contributed by atoms with Gasteiger partial charge in [-0.3, -0.25) is 4.79 Å². The van der Waals surface area contributed by atoms with Crippen LogP contribution in [0, 0.1) is 5.82 Å². The summed E-state index contributed by atoms with van der Waals surface area (Å²) in [5.41, 5.74) is 1.08. The fourth-order valence-corrected chi connectivity index (χ4v) is 3.19. The molecule has 0 radical (unpaired) electrons. The van der Waals surface area contributed by atoms with E-state index in [0.717, 1.165) is 25.9 Å². The van der Waals surface area contributed by atoms with Crippen LogP contribution in [0.25, 0.3) is 5.69 Å². The lowest BCUT2D eigenvalue weighted by atomic mass is 10.1. The fourth-order valence-electron chi connectivity index (χ4n) is 2.75. The first-order valence-corrected chi connectivity index (χ1v) is 8.34. The molecule has 5 nitrogen and oxygen atoms in total. The zero-order valence-electron chi connectivity index (χ0n) is 12.8. The molecule has 1 aliphatic rings. The predicted octanol–water partition coefficient (Wildman–Crippen LogP) is 2.60. The zero-order chi connectivity index (χ0) is 16.4. The summed E-state index contributed by atoms with van der Waals surface area (Å²) in [5, 5.41) is 7.66. The molecule has 1 amide bonds. The van der Waals surface area contributed by atoms with Crippen LogP contribution in [0.3, 0.4) is 0 Å². The van der Waals surface area contributed by atoms with Crippen molar-refractivity contribution in [2.24, 2.45) is 0 Å². The summed E-state index contributed by atoms with van der Waals surface area (Å²) in [6.45, 7) is 1.85. The summed E-state index contributed by atoms with van der Waals surface area (Å²) in [4.78, 5) is 14.5. The number of piperidine rings is 1. The Labute approximate surface area is 142 Å². The Morgan fingerprint density at radius 3 is 2.65 bits per heavy atom. The van der Waals surface area contributed by atoms with Crippen molar-refractivity contribution in [1.29, 1.82) is 0 Å². The summed E-state index contributed by atoms with van der Waals surface area (Å²) in [6, 6.07) is 6.21. The van der Waals surface area contributed by atoms with E-state index >= 15 is 0 Å². The van der Waals surface area contributed by atoms with Gasteiger partial charge in [0.05, 0.1) is 10.2 Å². The molecule has 0 atom stereocenters. The molecule has 1 N–H and O–H groups in total. The number of nitrogens with one attached hydrogen (secondary N) is 1. The summed E-state index contributed by atoms with van der Waals surface area (Å²) in [6.07, 6.45) is 3.60. The van der Waals surface area contributed by atoms with Crippen LogP contribution in [-0.4, -0.2) is 46.8 Å². The molecule has 2 aromatic rings. The maximum Gasteiger partial charge on any atom is 0.275 e. The number of nitrogens with zero attached hydrogens (tertiary/aromatic N) is 3. The number of amides is 1. The number of carbonyl (C=O) groups excluding carboxylic acids is 1. The van der Waals surface area contributed by atoms with Crippen molar-refractivity contribution in [2.75, 3.05) is 20.1 Å². The lowest BCUT2D eigenvalue weighted by Crippen LogP contribution is -2.44. The minimum Gasteiger partial charge on any atom is -0.337 e. The number of benzene rings is 1. The second-order valence-electron chi connectivity index (χ2n) is 5.64. The van der Waals surface area contributed by atoms with E-state index in [1.165, 1.54) is 12.1 Å². The Balaban J connectivity index is 1.82. The van der Waals surface area contributed by atoms with Gasteiger partial charge in [-0.05, 0) is 66.1 Å². The minimum atomic E-state index is -0.304. The van der Waals surface area contributed by atoms with Crippen LogP contribution in [-0.2, 0) is 0 Å². The van der Waals surface area contributed by atoms with Crippen LogP contribution in [0.1, 0.15) is 23.3 Å². The van der Waals surface area contributed by atoms with Crippen LogP contribution in [0.4, 0.5) is 4.39 Å². The van der Waals surface area contributed by atoms with Crippen molar-refractivity contribution in [1.82, 2.24) is 20.0 Å². The Morgan fingerprint density at radius 1 is 1.35 bits per heavy atom. The molecule has 0 spiro atoms. The van der Waals surface area contributed by atoms with Crippen molar-refractivity contribution in [3.05, 3.63) is 46.4 Å². The fraction of sp³-hybridized carbons (Fsp3) is 0.375. The topological polar surface area (TPSA) is 50.2 Å². The van der Waals surface area contributed by atoms with Gasteiger partial charge in [-0.1, -0.05) is 0 Å². The highest BCUT2D eigenvalue weighted by atomic mass is 79.9. The monoisotopic (exact) mass is 380 g/mol. The van der Waals surface area contributed by atoms with Gasteiger partial charge in [0.15, 0.2) is 5.69 Å². The van der Waals surface area contributed by atoms with Crippen molar-refractivity contribution < 1.29 is 9.18 Å². The Bertz CT molecular complexity index is 695. The second-order valence-corrected chi connectivity index (χ2v) is 6.50. The minimum absolute atomic E-state index is 0.107. The lowest BCUT2D eigenvalue weighted by molar-refractivity contribution is 0.0696. The number of hydrogen-bond acceptors (Lipinski definition) is 3. The second kappa shape index (κ2) is 6.80. The quantitative estimate of drug-likeness (QED) is 0.890. The molecule has 1 aromatic heterocycles. The van der Waals surface area contributed by atoms with E-state index in [1.54, 1.807) is 27.9 Å². The highest BCUT2D eigenvalue weighted by Crippen LogP contribution is 2.21. The van der Waals surface area contributed by atoms with Crippen molar-refractivity contribution in [2.45, 2.75) is 18.9 Å². The molecule has 0 unspecified atom stereocenters. The molecular weight excluding hydrogens is 363 g/mol. The number of carbonyl (C=O) groups is 1. The van der Waals surface area contributed by atoms with Crippen molar-refractivity contribution in [3.63, 3.8) is 0 Å². The number of aromatic nitrogens is 2. The van der Waals surface area contributed by atoms with Crippen LogP contribution in [0.2, 0.25) is 0 Å². The third-order valence-electron chi connectivity index (χ3n) is 4.14. The third kappa shape index (κ3) is 3.45. The molecule has 1 saturated heterocycles. The molecule has 1 fully saturated rings. The maximum absolute atomic E-state index is 13.0. The Hall–Kier alpha value is -1.73. The van der Waals surface area contributed by atoms with E-state index in [4.69, 9.17) is 0 Å². The predicted molar refractivity (Wildman–Crippen MR) is 89.2 cm³/mol.